The van der Waals surface area contributed by atoms with E-state index in [0.29, 0.717) is 10.6 Å². The van der Waals surface area contributed by atoms with Crippen LogP contribution in [0.25, 0.3) is 0 Å². The van der Waals surface area contributed by atoms with E-state index in [0.717, 1.165) is 12.3 Å². The molecule has 2 rings (SSSR count). The highest BCUT2D eigenvalue weighted by Crippen LogP contribution is 2.21. The number of esters is 1. The second-order valence-corrected chi connectivity index (χ2v) is 4.72. The van der Waals surface area contributed by atoms with E-state index in [1.54, 1.807) is 24.3 Å². The van der Waals surface area contributed by atoms with Crippen molar-refractivity contribution in [1.29, 1.82) is 0 Å². The van der Waals surface area contributed by atoms with Crippen LogP contribution < -0.4 is 0 Å². The number of nitrogens with zero attached hydrogens (tertiary/aromatic N) is 2. The van der Waals surface area contributed by atoms with E-state index in [-0.39, 0.29) is 23.0 Å². The lowest BCUT2D eigenvalue weighted by molar-refractivity contribution is -0.385. The summed E-state index contributed by atoms with van der Waals surface area (Å²) in [6.45, 7) is -0.0719. The van der Waals surface area contributed by atoms with Crippen molar-refractivity contribution in [3.8, 4) is 0 Å². The molecule has 21 heavy (non-hydrogen) atoms. The number of ether oxygens (including phenoxy) is 1. The van der Waals surface area contributed by atoms with Gasteiger partial charge in [-0.3, -0.25) is 10.1 Å². The maximum atomic E-state index is 11.9. The SMILES string of the molecule is O=C(OCc1ccccc1Cl)c1cc([N+](=O)[O-])cnc1Cl. The molecule has 1 heterocycles. The molecule has 0 aliphatic carbocycles. The number of benzene rings is 1. The van der Waals surface area contributed by atoms with E-state index < -0.39 is 10.9 Å². The second kappa shape index (κ2) is 6.51. The van der Waals surface area contributed by atoms with Gasteiger partial charge in [-0.2, -0.15) is 0 Å². The first kappa shape index (κ1) is 15.2. The van der Waals surface area contributed by atoms with Gasteiger partial charge in [0, 0.05) is 16.7 Å². The topological polar surface area (TPSA) is 82.3 Å². The highest BCUT2D eigenvalue weighted by Gasteiger charge is 2.18. The van der Waals surface area contributed by atoms with Crippen molar-refractivity contribution < 1.29 is 14.5 Å². The van der Waals surface area contributed by atoms with E-state index >= 15 is 0 Å². The second-order valence-electron chi connectivity index (χ2n) is 3.96. The molecule has 0 aliphatic heterocycles. The molecular weight excluding hydrogens is 319 g/mol. The zero-order chi connectivity index (χ0) is 15.4. The number of aromatic nitrogens is 1. The summed E-state index contributed by atoms with van der Waals surface area (Å²) >= 11 is 11.7. The summed E-state index contributed by atoms with van der Waals surface area (Å²) in [6, 6.07) is 7.87. The predicted octanol–water partition coefficient (Wildman–Crippen LogP) is 3.65. The first-order valence-corrected chi connectivity index (χ1v) is 6.45. The molecule has 6 nitrogen and oxygen atoms in total. The van der Waals surface area contributed by atoms with Gasteiger partial charge in [-0.15, -0.1) is 0 Å². The van der Waals surface area contributed by atoms with Crippen LogP contribution in [0.1, 0.15) is 15.9 Å². The van der Waals surface area contributed by atoms with Gasteiger partial charge in [0.15, 0.2) is 0 Å². The number of carbonyl (C=O) groups excluding carboxylic acids is 1. The summed E-state index contributed by atoms with van der Waals surface area (Å²) in [4.78, 5) is 25.5. The number of hydrogen-bond acceptors (Lipinski definition) is 5. The molecule has 0 aliphatic rings. The summed E-state index contributed by atoms with van der Waals surface area (Å²) in [5.41, 5.74) is 0.101. The van der Waals surface area contributed by atoms with Gasteiger partial charge in [-0.05, 0) is 6.07 Å². The molecular formula is C13H8Cl2N2O4. The van der Waals surface area contributed by atoms with Gasteiger partial charge in [-0.25, -0.2) is 9.78 Å². The fourth-order valence-electron chi connectivity index (χ4n) is 1.52. The molecule has 0 spiro atoms. The normalized spacial score (nSPS) is 10.2. The molecule has 1 aromatic carbocycles. The van der Waals surface area contributed by atoms with Crippen LogP contribution in [-0.4, -0.2) is 15.9 Å². The molecule has 0 saturated heterocycles. The number of rotatable bonds is 4. The van der Waals surface area contributed by atoms with Crippen molar-refractivity contribution in [3.63, 3.8) is 0 Å². The molecule has 0 atom stereocenters. The van der Waals surface area contributed by atoms with E-state index in [1.807, 2.05) is 0 Å². The standard InChI is InChI=1S/C13H8Cl2N2O4/c14-11-4-2-1-3-8(11)7-21-13(18)10-5-9(17(19)20)6-16-12(10)15/h1-6H,7H2. The average molecular weight is 327 g/mol. The van der Waals surface area contributed by atoms with Crippen LogP contribution in [0.5, 0.6) is 0 Å². The third kappa shape index (κ3) is 3.68. The highest BCUT2D eigenvalue weighted by atomic mass is 35.5. The number of nitro groups is 1. The van der Waals surface area contributed by atoms with Gasteiger partial charge in [0.1, 0.15) is 23.5 Å². The Balaban J connectivity index is 2.15. The highest BCUT2D eigenvalue weighted by molar-refractivity contribution is 6.32. The molecule has 0 unspecified atom stereocenters. The maximum absolute atomic E-state index is 11.9. The van der Waals surface area contributed by atoms with Crippen LogP contribution in [0.4, 0.5) is 5.69 Å². The Hall–Kier alpha value is -2.18. The molecule has 8 heteroatoms. The van der Waals surface area contributed by atoms with Gasteiger partial charge < -0.3 is 4.74 Å². The van der Waals surface area contributed by atoms with Crippen molar-refractivity contribution >= 4 is 34.9 Å². The van der Waals surface area contributed by atoms with Crippen molar-refractivity contribution in [2.24, 2.45) is 0 Å². The average Bonchev–Trinajstić information content (AvgIpc) is 2.46. The summed E-state index contributed by atoms with van der Waals surface area (Å²) in [7, 11) is 0. The van der Waals surface area contributed by atoms with E-state index in [1.165, 1.54) is 0 Å². The van der Waals surface area contributed by atoms with Gasteiger partial charge in [-0.1, -0.05) is 41.4 Å². The first-order chi connectivity index (χ1) is 9.99. The lowest BCUT2D eigenvalue weighted by atomic mass is 10.2. The van der Waals surface area contributed by atoms with Crippen LogP contribution in [0.15, 0.2) is 36.5 Å². The van der Waals surface area contributed by atoms with Crippen molar-refractivity contribution in [2.45, 2.75) is 6.61 Å². The zero-order valence-electron chi connectivity index (χ0n) is 10.5. The molecule has 0 bridgehead atoms. The Morgan fingerprint density at radius 2 is 2.05 bits per heavy atom. The van der Waals surface area contributed by atoms with Gasteiger partial charge in [0.2, 0.25) is 0 Å². The number of halogens is 2. The number of pyridine rings is 1. The van der Waals surface area contributed by atoms with Gasteiger partial charge in [0.25, 0.3) is 5.69 Å². The maximum Gasteiger partial charge on any atom is 0.341 e. The third-order valence-corrected chi connectivity index (χ3v) is 3.24. The van der Waals surface area contributed by atoms with Crippen molar-refractivity contribution in [3.05, 3.63) is 67.9 Å². The third-order valence-electron chi connectivity index (χ3n) is 2.57. The zero-order valence-corrected chi connectivity index (χ0v) is 12.0. The minimum atomic E-state index is -0.809. The minimum absolute atomic E-state index is 0.0719. The molecule has 1 aromatic heterocycles. The lowest BCUT2D eigenvalue weighted by Gasteiger charge is -2.07. The first-order valence-electron chi connectivity index (χ1n) is 5.69. The minimum Gasteiger partial charge on any atom is -0.457 e. The van der Waals surface area contributed by atoms with E-state index in [2.05, 4.69) is 4.98 Å². The van der Waals surface area contributed by atoms with E-state index in [9.17, 15) is 14.9 Å². The molecule has 108 valence electrons. The van der Waals surface area contributed by atoms with E-state index in [4.69, 9.17) is 27.9 Å². The van der Waals surface area contributed by atoms with Gasteiger partial charge >= 0.3 is 5.97 Å². The van der Waals surface area contributed by atoms with Crippen LogP contribution in [0, 0.1) is 10.1 Å². The Morgan fingerprint density at radius 3 is 2.71 bits per heavy atom. The quantitative estimate of drug-likeness (QED) is 0.370. The molecule has 2 aromatic rings. The Labute approximate surface area is 129 Å². The number of hydrogen-bond donors (Lipinski definition) is 0. The fraction of sp³-hybridized carbons (Fsp3) is 0.0769. The van der Waals surface area contributed by atoms with Crippen LogP contribution in [-0.2, 0) is 11.3 Å². The van der Waals surface area contributed by atoms with Crippen LogP contribution >= 0.6 is 23.2 Å². The Kier molecular flexibility index (Phi) is 4.72. The smallest absolute Gasteiger partial charge is 0.341 e. The molecule has 0 saturated carbocycles. The lowest BCUT2D eigenvalue weighted by Crippen LogP contribution is -2.08. The predicted molar refractivity (Wildman–Crippen MR) is 76.5 cm³/mol. The van der Waals surface area contributed by atoms with Gasteiger partial charge in [0.05, 0.1) is 4.92 Å². The largest absolute Gasteiger partial charge is 0.457 e. The number of carbonyl (C=O) groups is 1. The molecule has 0 fully saturated rings. The van der Waals surface area contributed by atoms with Crippen molar-refractivity contribution in [2.75, 3.05) is 0 Å². The fourth-order valence-corrected chi connectivity index (χ4v) is 1.89. The summed E-state index contributed by atoms with van der Waals surface area (Å²) in [6.07, 6.45) is 0.965. The Morgan fingerprint density at radius 1 is 1.33 bits per heavy atom. The molecule has 0 amide bonds. The summed E-state index contributed by atoms with van der Waals surface area (Å²) in [5, 5.41) is 11.0. The summed E-state index contributed by atoms with van der Waals surface area (Å²) < 4.78 is 5.04. The molecule has 0 N–H and O–H groups in total. The van der Waals surface area contributed by atoms with Crippen LogP contribution in [0.3, 0.4) is 0 Å². The van der Waals surface area contributed by atoms with Crippen molar-refractivity contribution in [1.82, 2.24) is 4.98 Å². The molecule has 0 radical (unpaired) electrons. The summed E-state index contributed by atoms with van der Waals surface area (Å²) in [5.74, 6) is -0.809. The monoisotopic (exact) mass is 326 g/mol. The Bertz CT molecular complexity index is 706. The van der Waals surface area contributed by atoms with Crippen LogP contribution in [0.2, 0.25) is 10.2 Å².